The van der Waals surface area contributed by atoms with Crippen LogP contribution >= 0.6 is 0 Å². The standard InChI is InChI=1S/C44H48N4O2S.Pt/c1-29(2)21-35-15-9-16-36(22-30(3)4)43(35)47-25-41(45-27-47)33-13-10-17-37(23-33)51(49,50)38-18-11-14-34(24-38)42-26-48(28-46-42)44-39(31(5)6)19-12-20-40(44)32(7)8;/h9-20,25-32H,21-22H2,1-8H3;/q-2;+2. The molecular weight excluding hydrogens is 844 g/mol. The van der Waals surface area contributed by atoms with Crippen LogP contribution in [0.1, 0.15) is 89.5 Å². The summed E-state index contributed by atoms with van der Waals surface area (Å²) >= 11 is 0. The molecule has 0 saturated carbocycles. The minimum Gasteiger partial charge on any atom is -0.315 e. The van der Waals surface area contributed by atoms with Gasteiger partial charge in [-0.25, -0.2) is 8.42 Å². The van der Waals surface area contributed by atoms with Crippen LogP contribution in [0, 0.1) is 24.0 Å². The predicted molar refractivity (Wildman–Crippen MR) is 206 cm³/mol. The minimum atomic E-state index is -3.95. The largest absolute Gasteiger partial charge is 2.00 e. The van der Waals surface area contributed by atoms with E-state index in [9.17, 15) is 8.42 Å². The zero-order valence-electron chi connectivity index (χ0n) is 31.3. The van der Waals surface area contributed by atoms with Crippen LogP contribution < -0.4 is 0 Å². The Morgan fingerprint density at radius 1 is 0.577 bits per heavy atom. The normalized spacial score (nSPS) is 11.9. The third-order valence-electron chi connectivity index (χ3n) is 9.15. The number of hydrogen-bond donors (Lipinski definition) is 0. The van der Waals surface area contributed by atoms with Crippen LogP contribution in [0.3, 0.4) is 0 Å². The number of hydrogen-bond acceptors (Lipinski definition) is 4. The van der Waals surface area contributed by atoms with Crippen molar-refractivity contribution in [3.05, 3.63) is 132 Å². The molecule has 0 radical (unpaired) electrons. The maximum absolute atomic E-state index is 14.1. The van der Waals surface area contributed by atoms with Crippen LogP contribution in [0.15, 0.2) is 108 Å². The Morgan fingerprint density at radius 2 is 0.981 bits per heavy atom. The van der Waals surface area contributed by atoms with Gasteiger partial charge in [0.05, 0.1) is 24.0 Å². The molecule has 0 aliphatic rings. The van der Waals surface area contributed by atoms with Gasteiger partial charge in [-0.3, -0.25) is 9.97 Å². The van der Waals surface area contributed by atoms with Crippen LogP contribution in [-0.2, 0) is 43.7 Å². The zero-order chi connectivity index (χ0) is 36.4. The predicted octanol–water partition coefficient (Wildman–Crippen LogP) is 10.5. The van der Waals surface area contributed by atoms with E-state index >= 15 is 0 Å². The molecule has 0 spiro atoms. The van der Waals surface area contributed by atoms with Gasteiger partial charge in [0.2, 0.25) is 0 Å². The van der Waals surface area contributed by atoms with Gasteiger partial charge in [0, 0.05) is 11.4 Å². The number of nitrogens with zero attached hydrogens (tertiary/aromatic N) is 4. The van der Waals surface area contributed by atoms with E-state index in [0.29, 0.717) is 46.2 Å². The number of para-hydroxylation sites is 2. The summed E-state index contributed by atoms with van der Waals surface area (Å²) < 4.78 is 32.3. The Kier molecular flexibility index (Phi) is 12.3. The van der Waals surface area contributed by atoms with Crippen molar-refractivity contribution in [1.82, 2.24) is 19.1 Å². The summed E-state index contributed by atoms with van der Waals surface area (Å²) in [4.78, 5) is 9.58. The molecule has 6 nitrogen and oxygen atoms in total. The van der Waals surface area contributed by atoms with Gasteiger partial charge in [0.15, 0.2) is 9.84 Å². The van der Waals surface area contributed by atoms with Crippen LogP contribution in [-0.4, -0.2) is 27.5 Å². The third kappa shape index (κ3) is 8.27. The summed E-state index contributed by atoms with van der Waals surface area (Å²) in [5.74, 6) is 1.66. The van der Waals surface area contributed by atoms with Gasteiger partial charge < -0.3 is 9.13 Å². The molecule has 0 fully saturated rings. The third-order valence-corrected chi connectivity index (χ3v) is 10.8. The van der Waals surface area contributed by atoms with Crippen LogP contribution in [0.25, 0.3) is 33.9 Å². The molecule has 0 amide bonds. The number of benzene rings is 4. The maximum Gasteiger partial charge on any atom is 2.00 e. The van der Waals surface area contributed by atoms with E-state index in [-0.39, 0.29) is 30.9 Å². The number of rotatable bonds is 12. The molecule has 4 aromatic carbocycles. The van der Waals surface area contributed by atoms with E-state index in [1.165, 1.54) is 22.3 Å². The summed E-state index contributed by atoms with van der Waals surface area (Å²) in [6, 6.07) is 29.7. The molecule has 2 heterocycles. The van der Waals surface area contributed by atoms with Crippen LogP contribution in [0.4, 0.5) is 0 Å². The summed E-state index contributed by atoms with van der Waals surface area (Å²) in [6.07, 6.45) is 9.48. The average Bonchev–Trinajstić information content (AvgIpc) is 3.79. The molecule has 0 N–H and O–H groups in total. The molecule has 6 rings (SSSR count). The minimum absolute atomic E-state index is 0. The van der Waals surface area contributed by atoms with Gasteiger partial charge in [-0.15, -0.1) is 59.7 Å². The quantitative estimate of drug-likeness (QED) is 0.115. The molecule has 0 saturated heterocycles. The molecule has 0 bridgehead atoms. The Bertz CT molecular complexity index is 2210. The van der Waals surface area contributed by atoms with Crippen molar-refractivity contribution in [2.75, 3.05) is 0 Å². The molecule has 272 valence electrons. The van der Waals surface area contributed by atoms with Gasteiger partial charge in [0.1, 0.15) is 0 Å². The fourth-order valence-corrected chi connectivity index (χ4v) is 8.03. The van der Waals surface area contributed by atoms with Gasteiger partial charge in [-0.2, -0.15) is 0 Å². The smallest absolute Gasteiger partial charge is 0.315 e. The second-order valence-electron chi connectivity index (χ2n) is 14.9. The topological polar surface area (TPSA) is 69.8 Å². The van der Waals surface area contributed by atoms with Gasteiger partial charge in [-0.05, 0) is 81.0 Å². The van der Waals surface area contributed by atoms with E-state index in [4.69, 9.17) is 9.97 Å². The molecule has 52 heavy (non-hydrogen) atoms. The van der Waals surface area contributed by atoms with E-state index < -0.39 is 9.84 Å². The van der Waals surface area contributed by atoms with Crippen molar-refractivity contribution < 1.29 is 29.5 Å². The molecule has 2 aromatic heterocycles. The Labute approximate surface area is 324 Å². The Hall–Kier alpha value is -4.06. The second kappa shape index (κ2) is 16.3. The van der Waals surface area contributed by atoms with Crippen molar-refractivity contribution in [3.8, 4) is 33.9 Å². The number of imidazole rings is 2. The van der Waals surface area contributed by atoms with Gasteiger partial charge in [-0.1, -0.05) is 91.8 Å². The molecular formula is C44H48N4O2PtS. The van der Waals surface area contributed by atoms with Crippen molar-refractivity contribution in [2.24, 2.45) is 11.8 Å². The van der Waals surface area contributed by atoms with Crippen LogP contribution in [0.2, 0.25) is 0 Å². The summed E-state index contributed by atoms with van der Waals surface area (Å²) in [5.41, 5.74) is 9.84. The maximum atomic E-state index is 14.1. The van der Waals surface area contributed by atoms with Crippen LogP contribution in [0.5, 0.6) is 0 Å². The van der Waals surface area contributed by atoms with Crippen molar-refractivity contribution in [3.63, 3.8) is 0 Å². The number of sulfone groups is 1. The fourth-order valence-electron chi connectivity index (χ4n) is 6.79. The molecule has 6 aromatic rings. The Balaban J connectivity index is 0.00000523. The van der Waals surface area contributed by atoms with Crippen molar-refractivity contribution in [2.45, 2.75) is 89.9 Å². The summed E-state index contributed by atoms with van der Waals surface area (Å²) in [5, 5.41) is 0. The zero-order valence-corrected chi connectivity index (χ0v) is 34.4. The SMILES string of the molecule is CC(C)Cc1cccc(CC(C)C)c1-n1cnc(-c2[c-]c(S(=O)(=O)c3[c-]c(-c4cn(-c5c(C(C)C)cccc5C(C)C)cn4)ccc3)ccc2)c1.[Pt+2]. The Morgan fingerprint density at radius 3 is 1.40 bits per heavy atom. The van der Waals surface area contributed by atoms with Crippen molar-refractivity contribution >= 4 is 9.84 Å². The van der Waals surface area contributed by atoms with Crippen molar-refractivity contribution in [1.29, 1.82) is 0 Å². The molecule has 0 atom stereocenters. The first-order valence-electron chi connectivity index (χ1n) is 18.0. The van der Waals surface area contributed by atoms with E-state index in [0.717, 1.165) is 24.2 Å². The number of aromatic nitrogens is 4. The average molecular weight is 892 g/mol. The summed E-state index contributed by atoms with van der Waals surface area (Å²) in [7, 11) is -3.95. The monoisotopic (exact) mass is 891 g/mol. The molecule has 0 aliphatic heterocycles. The van der Waals surface area contributed by atoms with E-state index in [1.54, 1.807) is 30.6 Å². The second-order valence-corrected chi connectivity index (χ2v) is 16.8. The molecule has 0 unspecified atom stereocenters. The van der Waals surface area contributed by atoms with Gasteiger partial charge in [0.25, 0.3) is 0 Å². The molecule has 8 heteroatoms. The van der Waals surface area contributed by atoms with E-state index in [1.807, 2.05) is 30.9 Å². The first kappa shape index (κ1) is 39.2. The molecule has 0 aliphatic carbocycles. The first-order chi connectivity index (χ1) is 24.3. The fraction of sp³-hybridized carbons (Fsp3) is 0.318. The van der Waals surface area contributed by atoms with E-state index in [2.05, 4.69) is 113 Å². The summed E-state index contributed by atoms with van der Waals surface area (Å²) in [6.45, 7) is 17.7. The van der Waals surface area contributed by atoms with Gasteiger partial charge >= 0.3 is 21.1 Å². The first-order valence-corrected chi connectivity index (χ1v) is 19.4.